The van der Waals surface area contributed by atoms with Crippen molar-refractivity contribution in [2.24, 2.45) is 0 Å². The van der Waals surface area contributed by atoms with Crippen molar-refractivity contribution in [3.8, 4) is 11.8 Å². The van der Waals surface area contributed by atoms with E-state index in [4.69, 9.17) is 9.84 Å². The molecule has 0 radical (unpaired) electrons. The van der Waals surface area contributed by atoms with Crippen LogP contribution in [-0.4, -0.2) is 37.9 Å². The smallest absolute Gasteiger partial charge is 0.252 e. The number of hydrogen-bond donors (Lipinski definition) is 2. The number of aliphatic hydroxyl groups excluding tert-OH is 1. The molecule has 0 spiro atoms. The number of amides is 1. The summed E-state index contributed by atoms with van der Waals surface area (Å²) in [5, 5.41) is 13.1. The van der Waals surface area contributed by atoms with E-state index in [1.165, 1.54) is 11.3 Å². The first-order valence-electron chi connectivity index (χ1n) is 5.23. The normalized spacial score (nSPS) is 9.53. The molecule has 0 bridgehead atoms. The second-order valence-electron chi connectivity index (χ2n) is 3.22. The molecule has 0 aliphatic rings. The quantitative estimate of drug-likeness (QED) is 0.604. The summed E-state index contributed by atoms with van der Waals surface area (Å²) in [6.07, 6.45) is 0.452. The van der Waals surface area contributed by atoms with Crippen molar-refractivity contribution in [2.45, 2.75) is 6.42 Å². The number of thiophene rings is 1. The molecule has 1 aromatic rings. The monoisotopic (exact) mass is 253 g/mol. The first-order valence-corrected chi connectivity index (χ1v) is 6.11. The highest BCUT2D eigenvalue weighted by molar-refractivity contribution is 7.10. The summed E-state index contributed by atoms with van der Waals surface area (Å²) in [4.78, 5) is 12.4. The van der Waals surface area contributed by atoms with Crippen molar-refractivity contribution in [2.75, 3.05) is 26.9 Å². The lowest BCUT2D eigenvalue weighted by molar-refractivity contribution is 0.0937. The van der Waals surface area contributed by atoms with E-state index in [0.717, 1.165) is 4.88 Å². The number of aliphatic hydroxyl groups is 1. The number of ether oxygens (including phenoxy) is 1. The third kappa shape index (κ3) is 5.00. The maximum Gasteiger partial charge on any atom is 0.252 e. The molecule has 0 saturated heterocycles. The highest BCUT2D eigenvalue weighted by atomic mass is 32.1. The molecule has 0 aliphatic carbocycles. The van der Waals surface area contributed by atoms with Gasteiger partial charge in [0, 0.05) is 25.5 Å². The van der Waals surface area contributed by atoms with E-state index in [-0.39, 0.29) is 12.5 Å². The summed E-state index contributed by atoms with van der Waals surface area (Å²) >= 11 is 1.42. The van der Waals surface area contributed by atoms with Crippen molar-refractivity contribution in [3.05, 3.63) is 21.9 Å². The molecule has 5 heteroatoms. The Morgan fingerprint density at radius 3 is 3.18 bits per heavy atom. The third-order valence-corrected chi connectivity index (χ3v) is 2.75. The van der Waals surface area contributed by atoms with Crippen molar-refractivity contribution in [1.82, 2.24) is 5.32 Å². The minimum Gasteiger partial charge on any atom is -0.395 e. The van der Waals surface area contributed by atoms with Crippen LogP contribution >= 0.6 is 11.3 Å². The maximum absolute atomic E-state index is 11.6. The van der Waals surface area contributed by atoms with Gasteiger partial charge in [0.15, 0.2) is 0 Å². The number of nitrogens with one attached hydrogen (secondary N) is 1. The van der Waals surface area contributed by atoms with Crippen LogP contribution in [0.3, 0.4) is 0 Å². The van der Waals surface area contributed by atoms with Crippen LogP contribution in [0.25, 0.3) is 0 Å². The molecule has 1 amide bonds. The van der Waals surface area contributed by atoms with Crippen molar-refractivity contribution in [3.63, 3.8) is 0 Å². The van der Waals surface area contributed by atoms with Crippen molar-refractivity contribution >= 4 is 17.2 Å². The molecule has 0 aromatic carbocycles. The number of carbonyl (C=O) groups is 1. The molecule has 2 N–H and O–H groups in total. The van der Waals surface area contributed by atoms with Crippen LogP contribution in [0.4, 0.5) is 0 Å². The van der Waals surface area contributed by atoms with E-state index in [9.17, 15) is 4.79 Å². The first-order chi connectivity index (χ1) is 8.27. The van der Waals surface area contributed by atoms with E-state index in [0.29, 0.717) is 25.1 Å². The van der Waals surface area contributed by atoms with E-state index in [1.807, 2.05) is 0 Å². The maximum atomic E-state index is 11.6. The van der Waals surface area contributed by atoms with E-state index >= 15 is 0 Å². The predicted octanol–water partition coefficient (Wildman–Crippen LogP) is 0.858. The van der Waals surface area contributed by atoms with Gasteiger partial charge >= 0.3 is 0 Å². The zero-order valence-electron chi connectivity index (χ0n) is 9.66. The van der Waals surface area contributed by atoms with Gasteiger partial charge in [0.25, 0.3) is 5.91 Å². The molecule has 1 rings (SSSR count). The van der Waals surface area contributed by atoms with Gasteiger partial charge in [-0.1, -0.05) is 11.8 Å². The third-order valence-electron chi connectivity index (χ3n) is 1.90. The van der Waals surface area contributed by atoms with Crippen LogP contribution in [0, 0.1) is 11.8 Å². The van der Waals surface area contributed by atoms with Crippen LogP contribution in [0.1, 0.15) is 21.7 Å². The Balaban J connectivity index is 2.50. The van der Waals surface area contributed by atoms with Gasteiger partial charge in [-0.15, -0.1) is 11.3 Å². The van der Waals surface area contributed by atoms with Gasteiger partial charge in [-0.2, -0.15) is 0 Å². The fourth-order valence-corrected chi connectivity index (χ4v) is 1.85. The molecule has 1 aromatic heterocycles. The van der Waals surface area contributed by atoms with Crippen LogP contribution < -0.4 is 5.32 Å². The van der Waals surface area contributed by atoms with Crippen LogP contribution in [0.5, 0.6) is 0 Å². The van der Waals surface area contributed by atoms with E-state index < -0.39 is 0 Å². The van der Waals surface area contributed by atoms with Gasteiger partial charge < -0.3 is 15.2 Å². The standard InChI is InChI=1S/C12H15NO3S/c1-16-7-5-13-12(15)10-8-11(17-9-10)4-2-3-6-14/h8-9,14H,3,5-7H2,1H3,(H,13,15). The van der Waals surface area contributed by atoms with Crippen LogP contribution in [0.2, 0.25) is 0 Å². The summed E-state index contributed by atoms with van der Waals surface area (Å²) in [6, 6.07) is 1.75. The molecule has 4 nitrogen and oxygen atoms in total. The zero-order valence-corrected chi connectivity index (χ0v) is 10.5. The van der Waals surface area contributed by atoms with Gasteiger partial charge in [-0.05, 0) is 6.07 Å². The predicted molar refractivity (Wildman–Crippen MR) is 67.1 cm³/mol. The van der Waals surface area contributed by atoms with E-state index in [2.05, 4.69) is 17.2 Å². The molecule has 0 unspecified atom stereocenters. The summed E-state index contributed by atoms with van der Waals surface area (Å²) in [5.41, 5.74) is 0.611. The molecule has 0 saturated carbocycles. The average Bonchev–Trinajstić information content (AvgIpc) is 2.78. The molecular formula is C12H15NO3S. The Bertz CT molecular complexity index is 417. The number of carbonyl (C=O) groups excluding carboxylic acids is 1. The lowest BCUT2D eigenvalue weighted by atomic mass is 10.3. The minimum atomic E-state index is -0.117. The fourth-order valence-electron chi connectivity index (χ4n) is 1.10. The fraction of sp³-hybridized carbons (Fsp3) is 0.417. The van der Waals surface area contributed by atoms with Crippen molar-refractivity contribution < 1.29 is 14.6 Å². The SMILES string of the molecule is COCCNC(=O)c1csc(C#CCCO)c1. The van der Waals surface area contributed by atoms with Gasteiger partial charge in [0.05, 0.1) is 23.7 Å². The van der Waals surface area contributed by atoms with Gasteiger partial charge in [-0.3, -0.25) is 4.79 Å². The Morgan fingerprint density at radius 2 is 2.47 bits per heavy atom. The topological polar surface area (TPSA) is 58.6 Å². The zero-order chi connectivity index (χ0) is 12.5. The second kappa shape index (κ2) is 7.85. The molecule has 1 heterocycles. The summed E-state index contributed by atoms with van der Waals surface area (Å²) in [5.74, 6) is 5.59. The summed E-state index contributed by atoms with van der Waals surface area (Å²) in [6.45, 7) is 1.05. The Labute approximate surface area is 105 Å². The second-order valence-corrected chi connectivity index (χ2v) is 4.13. The lowest BCUT2D eigenvalue weighted by Gasteiger charge is -2.01. The summed E-state index contributed by atoms with van der Waals surface area (Å²) in [7, 11) is 1.59. The molecular weight excluding hydrogens is 238 g/mol. The Hall–Kier alpha value is -1.35. The molecule has 0 aliphatic heterocycles. The first kappa shape index (κ1) is 13.7. The largest absolute Gasteiger partial charge is 0.395 e. The Morgan fingerprint density at radius 1 is 1.65 bits per heavy atom. The highest BCUT2D eigenvalue weighted by Gasteiger charge is 2.06. The van der Waals surface area contributed by atoms with Gasteiger partial charge in [0.2, 0.25) is 0 Å². The van der Waals surface area contributed by atoms with Crippen LogP contribution in [0.15, 0.2) is 11.4 Å². The molecule has 17 heavy (non-hydrogen) atoms. The number of hydrogen-bond acceptors (Lipinski definition) is 4. The van der Waals surface area contributed by atoms with Gasteiger partial charge in [-0.25, -0.2) is 0 Å². The van der Waals surface area contributed by atoms with Crippen LogP contribution in [-0.2, 0) is 4.74 Å². The number of methoxy groups -OCH3 is 1. The van der Waals surface area contributed by atoms with Gasteiger partial charge in [0.1, 0.15) is 0 Å². The minimum absolute atomic E-state index is 0.0583. The molecule has 0 atom stereocenters. The van der Waals surface area contributed by atoms with Crippen molar-refractivity contribution in [1.29, 1.82) is 0 Å². The average molecular weight is 253 g/mol. The Kier molecular flexibility index (Phi) is 6.33. The number of rotatable bonds is 5. The lowest BCUT2D eigenvalue weighted by Crippen LogP contribution is -2.26. The summed E-state index contributed by atoms with van der Waals surface area (Å²) < 4.78 is 4.84. The highest BCUT2D eigenvalue weighted by Crippen LogP contribution is 2.13. The molecule has 92 valence electrons. The van der Waals surface area contributed by atoms with E-state index in [1.54, 1.807) is 18.6 Å². The molecule has 0 fully saturated rings.